The van der Waals surface area contributed by atoms with Gasteiger partial charge in [0.25, 0.3) is 0 Å². The third-order valence-corrected chi connectivity index (χ3v) is 3.53. The van der Waals surface area contributed by atoms with Gasteiger partial charge in [-0.3, -0.25) is 9.20 Å². The number of aromatic nitrogens is 2. The van der Waals surface area contributed by atoms with E-state index in [4.69, 9.17) is 5.26 Å². The molecule has 0 saturated heterocycles. The molecule has 0 fully saturated rings. The number of aryl methyl sites for hydroxylation is 1. The van der Waals surface area contributed by atoms with Gasteiger partial charge in [-0.1, -0.05) is 12.1 Å². The standard InChI is InChI=1S/C17H13N3O/c1-12-5-6-13(10-18)8-14(12)9-16(21)15-11-19-17-4-2-3-7-20(15)17/h2-8,11H,9H2,1H3. The number of ketones is 1. The van der Waals surface area contributed by atoms with Crippen molar-refractivity contribution in [3.63, 3.8) is 0 Å². The molecule has 1 aromatic carbocycles. The van der Waals surface area contributed by atoms with E-state index in [9.17, 15) is 4.79 Å². The maximum Gasteiger partial charge on any atom is 0.185 e. The van der Waals surface area contributed by atoms with Crippen molar-refractivity contribution in [2.45, 2.75) is 13.3 Å². The number of carbonyl (C=O) groups is 1. The number of hydrogen-bond donors (Lipinski definition) is 0. The Balaban J connectivity index is 1.95. The fraction of sp³-hybridized carbons (Fsp3) is 0.118. The van der Waals surface area contributed by atoms with Crippen LogP contribution in [0, 0.1) is 18.3 Å². The highest BCUT2D eigenvalue weighted by atomic mass is 16.1. The summed E-state index contributed by atoms with van der Waals surface area (Å²) in [4.78, 5) is 16.7. The third-order valence-electron chi connectivity index (χ3n) is 3.53. The van der Waals surface area contributed by atoms with Crippen molar-refractivity contribution >= 4 is 11.4 Å². The molecule has 0 N–H and O–H groups in total. The lowest BCUT2D eigenvalue weighted by Crippen LogP contribution is -2.08. The first kappa shape index (κ1) is 13.1. The van der Waals surface area contributed by atoms with Crippen molar-refractivity contribution in [2.75, 3.05) is 0 Å². The summed E-state index contributed by atoms with van der Waals surface area (Å²) in [5.41, 5.74) is 3.78. The van der Waals surface area contributed by atoms with Crippen LogP contribution in [0.15, 0.2) is 48.8 Å². The van der Waals surface area contributed by atoms with Crippen LogP contribution >= 0.6 is 0 Å². The Bertz CT molecular complexity index is 871. The summed E-state index contributed by atoms with van der Waals surface area (Å²) in [6.07, 6.45) is 3.69. The Kier molecular flexibility index (Phi) is 3.25. The average molecular weight is 275 g/mol. The van der Waals surface area contributed by atoms with Crippen LogP contribution in [0.4, 0.5) is 0 Å². The SMILES string of the molecule is Cc1ccc(C#N)cc1CC(=O)c1cnc2ccccn12. The molecule has 3 aromatic rings. The highest BCUT2D eigenvalue weighted by Gasteiger charge is 2.14. The fourth-order valence-corrected chi connectivity index (χ4v) is 2.33. The number of rotatable bonds is 3. The number of carbonyl (C=O) groups excluding carboxylic acids is 1. The normalized spacial score (nSPS) is 10.5. The van der Waals surface area contributed by atoms with Crippen molar-refractivity contribution in [2.24, 2.45) is 0 Å². The molecule has 21 heavy (non-hydrogen) atoms. The number of hydrogen-bond acceptors (Lipinski definition) is 3. The monoisotopic (exact) mass is 275 g/mol. The van der Waals surface area contributed by atoms with Gasteiger partial charge in [-0.05, 0) is 42.3 Å². The molecule has 0 radical (unpaired) electrons. The maximum atomic E-state index is 12.5. The smallest absolute Gasteiger partial charge is 0.185 e. The van der Waals surface area contributed by atoms with Crippen LogP contribution in [0.25, 0.3) is 5.65 Å². The molecule has 0 aliphatic carbocycles. The summed E-state index contributed by atoms with van der Waals surface area (Å²) in [6.45, 7) is 1.94. The minimum absolute atomic E-state index is 0.00751. The minimum Gasteiger partial charge on any atom is -0.297 e. The maximum absolute atomic E-state index is 12.5. The molecule has 0 spiro atoms. The first-order valence-corrected chi connectivity index (χ1v) is 6.64. The molecule has 0 aliphatic heterocycles. The van der Waals surface area contributed by atoms with E-state index in [1.807, 2.05) is 37.4 Å². The molecule has 0 amide bonds. The Hall–Kier alpha value is -2.93. The molecule has 0 bridgehead atoms. The van der Waals surface area contributed by atoms with E-state index >= 15 is 0 Å². The van der Waals surface area contributed by atoms with E-state index in [2.05, 4.69) is 11.1 Å². The molecule has 3 rings (SSSR count). The average Bonchev–Trinajstić information content (AvgIpc) is 2.93. The number of benzene rings is 1. The Morgan fingerprint density at radius 2 is 2.19 bits per heavy atom. The lowest BCUT2D eigenvalue weighted by atomic mass is 10.00. The summed E-state index contributed by atoms with van der Waals surface area (Å²) in [5, 5.41) is 8.96. The number of nitriles is 1. The number of nitrogens with zero attached hydrogens (tertiary/aromatic N) is 3. The molecule has 102 valence electrons. The second-order valence-electron chi connectivity index (χ2n) is 4.93. The van der Waals surface area contributed by atoms with E-state index in [0.717, 1.165) is 16.8 Å². The Morgan fingerprint density at radius 1 is 1.33 bits per heavy atom. The summed E-state index contributed by atoms with van der Waals surface area (Å²) in [5.74, 6) is -0.00751. The highest BCUT2D eigenvalue weighted by Crippen LogP contribution is 2.15. The molecule has 0 atom stereocenters. The highest BCUT2D eigenvalue weighted by molar-refractivity contribution is 5.96. The van der Waals surface area contributed by atoms with Crippen molar-refractivity contribution in [3.05, 3.63) is 71.2 Å². The van der Waals surface area contributed by atoms with Gasteiger partial charge in [0.2, 0.25) is 0 Å². The van der Waals surface area contributed by atoms with E-state index in [0.29, 0.717) is 11.3 Å². The van der Waals surface area contributed by atoms with Crippen LogP contribution in [0.2, 0.25) is 0 Å². The Morgan fingerprint density at radius 3 is 3.00 bits per heavy atom. The zero-order chi connectivity index (χ0) is 14.8. The van der Waals surface area contributed by atoms with Crippen molar-refractivity contribution in [1.82, 2.24) is 9.38 Å². The topological polar surface area (TPSA) is 58.2 Å². The van der Waals surface area contributed by atoms with Gasteiger partial charge >= 0.3 is 0 Å². The van der Waals surface area contributed by atoms with Crippen LogP contribution < -0.4 is 0 Å². The quantitative estimate of drug-likeness (QED) is 0.690. The zero-order valence-electron chi connectivity index (χ0n) is 11.6. The van der Waals surface area contributed by atoms with Crippen LogP contribution in [-0.2, 0) is 6.42 Å². The van der Waals surface area contributed by atoms with Gasteiger partial charge in [-0.25, -0.2) is 4.98 Å². The van der Waals surface area contributed by atoms with Crippen LogP contribution in [0.5, 0.6) is 0 Å². The molecular weight excluding hydrogens is 262 g/mol. The fourth-order valence-electron chi connectivity index (χ4n) is 2.33. The summed E-state index contributed by atoms with van der Waals surface area (Å²) >= 11 is 0. The van der Waals surface area contributed by atoms with E-state index in [-0.39, 0.29) is 12.2 Å². The largest absolute Gasteiger partial charge is 0.297 e. The molecule has 0 aliphatic rings. The van der Waals surface area contributed by atoms with Crippen LogP contribution in [-0.4, -0.2) is 15.2 Å². The van der Waals surface area contributed by atoms with Gasteiger partial charge in [0.15, 0.2) is 5.78 Å². The van der Waals surface area contributed by atoms with Crippen molar-refractivity contribution in [3.8, 4) is 6.07 Å². The van der Waals surface area contributed by atoms with Gasteiger partial charge < -0.3 is 0 Å². The Labute approximate surface area is 122 Å². The van der Waals surface area contributed by atoms with Gasteiger partial charge in [0.05, 0.1) is 17.8 Å². The van der Waals surface area contributed by atoms with Crippen molar-refractivity contribution < 1.29 is 4.79 Å². The number of fused-ring (bicyclic) bond motifs is 1. The summed E-state index contributed by atoms with van der Waals surface area (Å²) in [6, 6.07) is 13.1. The summed E-state index contributed by atoms with van der Waals surface area (Å²) < 4.78 is 1.78. The molecule has 2 aromatic heterocycles. The molecule has 0 saturated carbocycles. The molecular formula is C17H13N3O. The molecule has 4 heteroatoms. The number of Topliss-reactive ketones (excluding diaryl/α,β-unsaturated/α-hetero) is 1. The first-order chi connectivity index (χ1) is 10.2. The van der Waals surface area contributed by atoms with Crippen molar-refractivity contribution in [1.29, 1.82) is 5.26 Å². The van der Waals surface area contributed by atoms with Gasteiger partial charge in [-0.15, -0.1) is 0 Å². The first-order valence-electron chi connectivity index (χ1n) is 6.64. The second kappa shape index (κ2) is 5.22. The van der Waals surface area contributed by atoms with E-state index in [1.165, 1.54) is 0 Å². The predicted molar refractivity (Wildman–Crippen MR) is 79.1 cm³/mol. The molecule has 2 heterocycles. The number of imidazole rings is 1. The molecule has 4 nitrogen and oxygen atoms in total. The van der Waals surface area contributed by atoms with E-state index in [1.54, 1.807) is 22.7 Å². The second-order valence-corrected chi connectivity index (χ2v) is 4.93. The van der Waals surface area contributed by atoms with Crippen LogP contribution in [0.3, 0.4) is 0 Å². The van der Waals surface area contributed by atoms with Gasteiger partial charge in [0.1, 0.15) is 11.3 Å². The van der Waals surface area contributed by atoms with Gasteiger partial charge in [-0.2, -0.15) is 5.26 Å². The lowest BCUT2D eigenvalue weighted by Gasteiger charge is -2.06. The van der Waals surface area contributed by atoms with Gasteiger partial charge in [0, 0.05) is 12.6 Å². The summed E-state index contributed by atoms with van der Waals surface area (Å²) in [7, 11) is 0. The van der Waals surface area contributed by atoms with Crippen LogP contribution in [0.1, 0.15) is 27.2 Å². The lowest BCUT2D eigenvalue weighted by molar-refractivity contribution is 0.0987. The predicted octanol–water partition coefficient (Wildman–Crippen LogP) is 2.94. The third kappa shape index (κ3) is 2.41. The zero-order valence-corrected chi connectivity index (χ0v) is 11.6. The van der Waals surface area contributed by atoms with E-state index < -0.39 is 0 Å². The number of pyridine rings is 1. The minimum atomic E-state index is -0.00751. The molecule has 0 unspecified atom stereocenters.